The maximum atomic E-state index is 14.2. The number of carbonyl (C=O) groups is 2. The van der Waals surface area contributed by atoms with E-state index in [4.69, 9.17) is 15.2 Å². The zero-order chi connectivity index (χ0) is 30.6. The molecule has 0 radical (unpaired) electrons. The summed E-state index contributed by atoms with van der Waals surface area (Å²) in [7, 11) is 0. The molecule has 5 N–H and O–H groups in total. The fourth-order valence-electron chi connectivity index (χ4n) is 5.46. The van der Waals surface area contributed by atoms with Gasteiger partial charge in [-0.1, -0.05) is 18.2 Å². The van der Waals surface area contributed by atoms with Crippen molar-refractivity contribution in [2.75, 3.05) is 31.5 Å². The average molecular weight is 599 g/mol. The normalized spacial score (nSPS) is 17.8. The maximum Gasteiger partial charge on any atom is 0.255 e. The van der Waals surface area contributed by atoms with Crippen molar-refractivity contribution < 1.29 is 27.8 Å². The number of anilines is 1. The van der Waals surface area contributed by atoms with Crippen LogP contribution in [0.4, 0.5) is 14.5 Å². The largest absolute Gasteiger partial charge is 0.488 e. The number of hydrogen-bond donors (Lipinski definition) is 4. The Kier molecular flexibility index (Phi) is 8.53. The summed E-state index contributed by atoms with van der Waals surface area (Å²) >= 11 is 0. The molecular weight excluding hydrogens is 566 g/mol. The predicted molar refractivity (Wildman–Crippen MR) is 164 cm³/mol. The summed E-state index contributed by atoms with van der Waals surface area (Å²) in [5.74, 6) is -1.82. The summed E-state index contributed by atoms with van der Waals surface area (Å²) in [4.78, 5) is 25.4. The van der Waals surface area contributed by atoms with E-state index in [1.54, 1.807) is 54.6 Å². The molecule has 2 aliphatic heterocycles. The summed E-state index contributed by atoms with van der Waals surface area (Å²) in [5.41, 5.74) is 8.94. The predicted octanol–water partition coefficient (Wildman–Crippen LogP) is 5.13. The van der Waals surface area contributed by atoms with Gasteiger partial charge in [0.05, 0.1) is 0 Å². The number of carbonyl (C=O) groups excluding carboxylic acids is 2. The average Bonchev–Trinajstić information content (AvgIpc) is 3.74. The molecule has 44 heavy (non-hydrogen) atoms. The molecule has 2 fully saturated rings. The molecule has 0 aliphatic carbocycles. The van der Waals surface area contributed by atoms with Gasteiger partial charge in [0.2, 0.25) is 5.91 Å². The van der Waals surface area contributed by atoms with Crippen LogP contribution in [0.5, 0.6) is 11.5 Å². The van der Waals surface area contributed by atoms with Gasteiger partial charge in [0.25, 0.3) is 5.91 Å². The Morgan fingerprint density at radius 3 is 2.02 bits per heavy atom. The standard InChI is InChI=1S/C34H32F2N4O4/c35-29-7-4-21(16-30(29)36)27-15-23(5-8-31(27)43-25-10-12-38-18-25)34(42)40-24-6-9-32(44-26-11-13-39-19-26)28(17-24)20-2-1-3-22(14-20)33(37)41/h1-9,14-17,25-26,38-39H,10-13,18-19H2,(H2,37,41)(H,40,42). The first-order valence-corrected chi connectivity index (χ1v) is 14.5. The van der Waals surface area contributed by atoms with E-state index in [1.165, 1.54) is 6.07 Å². The molecule has 2 saturated heterocycles. The van der Waals surface area contributed by atoms with Gasteiger partial charge in [-0.3, -0.25) is 9.59 Å². The minimum Gasteiger partial charge on any atom is -0.488 e. The number of rotatable bonds is 9. The van der Waals surface area contributed by atoms with Crippen LogP contribution in [-0.2, 0) is 0 Å². The fraction of sp³-hybridized carbons (Fsp3) is 0.235. The third-order valence-electron chi connectivity index (χ3n) is 7.79. The smallest absolute Gasteiger partial charge is 0.255 e. The SMILES string of the molecule is NC(=O)c1cccc(-c2cc(NC(=O)c3ccc(OC4CCNC4)c(-c4ccc(F)c(F)c4)c3)ccc2OC2CCNC2)c1. The highest BCUT2D eigenvalue weighted by Crippen LogP contribution is 2.36. The van der Waals surface area contributed by atoms with Crippen LogP contribution in [0, 0.1) is 11.6 Å². The van der Waals surface area contributed by atoms with E-state index in [0.717, 1.165) is 44.6 Å². The Balaban J connectivity index is 1.32. The molecule has 4 aromatic carbocycles. The first kappa shape index (κ1) is 29.3. The molecule has 2 amide bonds. The van der Waals surface area contributed by atoms with Gasteiger partial charge in [0.1, 0.15) is 23.7 Å². The number of benzene rings is 4. The Hall–Kier alpha value is -4.80. The highest BCUT2D eigenvalue weighted by molar-refractivity contribution is 6.05. The van der Waals surface area contributed by atoms with Crippen molar-refractivity contribution in [1.29, 1.82) is 0 Å². The Morgan fingerprint density at radius 1 is 0.727 bits per heavy atom. The van der Waals surface area contributed by atoms with Gasteiger partial charge in [0.15, 0.2) is 11.6 Å². The topological polar surface area (TPSA) is 115 Å². The highest BCUT2D eigenvalue weighted by Gasteiger charge is 2.22. The summed E-state index contributed by atoms with van der Waals surface area (Å²) < 4.78 is 40.4. The van der Waals surface area contributed by atoms with Crippen LogP contribution in [0.25, 0.3) is 22.3 Å². The lowest BCUT2D eigenvalue weighted by Crippen LogP contribution is -2.20. The molecule has 10 heteroatoms. The Morgan fingerprint density at radius 2 is 1.39 bits per heavy atom. The van der Waals surface area contributed by atoms with Crippen molar-refractivity contribution in [2.45, 2.75) is 25.0 Å². The van der Waals surface area contributed by atoms with Crippen LogP contribution in [0.2, 0.25) is 0 Å². The summed E-state index contributed by atoms with van der Waals surface area (Å²) in [6.45, 7) is 3.07. The van der Waals surface area contributed by atoms with E-state index in [1.807, 2.05) is 6.07 Å². The Labute approximate surface area is 253 Å². The lowest BCUT2D eigenvalue weighted by Gasteiger charge is -2.19. The quantitative estimate of drug-likeness (QED) is 0.212. The molecule has 0 bridgehead atoms. The van der Waals surface area contributed by atoms with Crippen LogP contribution in [0.1, 0.15) is 33.6 Å². The molecule has 8 nitrogen and oxygen atoms in total. The zero-order valence-corrected chi connectivity index (χ0v) is 23.9. The second-order valence-electron chi connectivity index (χ2n) is 10.9. The summed E-state index contributed by atoms with van der Waals surface area (Å²) in [5, 5.41) is 9.46. The first-order chi connectivity index (χ1) is 21.3. The number of ether oxygens (including phenoxy) is 2. The molecule has 2 heterocycles. The minimum absolute atomic E-state index is 0.0102. The highest BCUT2D eigenvalue weighted by atomic mass is 19.2. The Bertz CT molecular complexity index is 1700. The summed E-state index contributed by atoms with van der Waals surface area (Å²) in [6, 6.07) is 20.8. The number of primary amides is 1. The lowest BCUT2D eigenvalue weighted by molar-refractivity contribution is 0.0997. The van der Waals surface area contributed by atoms with Crippen molar-refractivity contribution in [3.63, 3.8) is 0 Å². The van der Waals surface area contributed by atoms with E-state index in [9.17, 15) is 18.4 Å². The van der Waals surface area contributed by atoms with Crippen molar-refractivity contribution in [3.05, 3.63) is 102 Å². The van der Waals surface area contributed by atoms with E-state index in [-0.39, 0.29) is 12.2 Å². The third-order valence-corrected chi connectivity index (χ3v) is 7.79. The molecule has 226 valence electrons. The van der Waals surface area contributed by atoms with E-state index in [0.29, 0.717) is 57.1 Å². The van der Waals surface area contributed by atoms with E-state index >= 15 is 0 Å². The van der Waals surface area contributed by atoms with Gasteiger partial charge in [-0.2, -0.15) is 0 Å². The van der Waals surface area contributed by atoms with Gasteiger partial charge >= 0.3 is 0 Å². The molecule has 0 saturated carbocycles. The number of hydrogen-bond acceptors (Lipinski definition) is 6. The van der Waals surface area contributed by atoms with Gasteiger partial charge in [-0.15, -0.1) is 0 Å². The molecule has 2 unspecified atom stereocenters. The molecular formula is C34H32F2N4O4. The molecule has 2 aliphatic rings. The van der Waals surface area contributed by atoms with Gasteiger partial charge in [-0.25, -0.2) is 8.78 Å². The fourth-order valence-corrected chi connectivity index (χ4v) is 5.46. The number of nitrogens with two attached hydrogens (primary N) is 1. The van der Waals surface area contributed by atoms with Gasteiger partial charge in [-0.05, 0) is 97.7 Å². The number of halogens is 2. The summed E-state index contributed by atoms with van der Waals surface area (Å²) in [6.07, 6.45) is 1.58. The van der Waals surface area contributed by atoms with Gasteiger partial charge < -0.3 is 31.2 Å². The monoisotopic (exact) mass is 598 g/mol. The molecule has 6 rings (SSSR count). The zero-order valence-electron chi connectivity index (χ0n) is 23.9. The third kappa shape index (κ3) is 6.56. The van der Waals surface area contributed by atoms with Crippen LogP contribution >= 0.6 is 0 Å². The molecule has 4 aromatic rings. The number of amides is 2. The van der Waals surface area contributed by atoms with E-state index < -0.39 is 23.4 Å². The van der Waals surface area contributed by atoms with Crippen molar-refractivity contribution in [2.24, 2.45) is 5.73 Å². The second kappa shape index (κ2) is 12.8. The van der Waals surface area contributed by atoms with Crippen molar-refractivity contribution in [1.82, 2.24) is 10.6 Å². The minimum atomic E-state index is -0.991. The van der Waals surface area contributed by atoms with Gasteiger partial charge in [0, 0.05) is 41.0 Å². The van der Waals surface area contributed by atoms with Crippen LogP contribution in [-0.4, -0.2) is 50.2 Å². The second-order valence-corrected chi connectivity index (χ2v) is 10.9. The number of nitrogens with one attached hydrogen (secondary N) is 3. The first-order valence-electron chi connectivity index (χ1n) is 14.5. The van der Waals surface area contributed by atoms with Crippen molar-refractivity contribution in [3.8, 4) is 33.8 Å². The van der Waals surface area contributed by atoms with E-state index in [2.05, 4.69) is 16.0 Å². The molecule has 0 spiro atoms. The van der Waals surface area contributed by atoms with Crippen LogP contribution in [0.15, 0.2) is 78.9 Å². The maximum absolute atomic E-state index is 14.2. The molecule has 0 aromatic heterocycles. The van der Waals surface area contributed by atoms with Crippen LogP contribution in [0.3, 0.4) is 0 Å². The van der Waals surface area contributed by atoms with Crippen LogP contribution < -0.4 is 31.2 Å². The van der Waals surface area contributed by atoms with Crippen molar-refractivity contribution >= 4 is 17.5 Å². The lowest BCUT2D eigenvalue weighted by atomic mass is 10.00. The molecule has 2 atom stereocenters.